The van der Waals surface area contributed by atoms with Gasteiger partial charge in [0.15, 0.2) is 17.3 Å². The maximum absolute atomic E-state index is 9.50. The Labute approximate surface area is 117 Å². The molecule has 106 valence electrons. The van der Waals surface area contributed by atoms with Gasteiger partial charge in [-0.15, -0.1) is 0 Å². The summed E-state index contributed by atoms with van der Waals surface area (Å²) >= 11 is 0. The van der Waals surface area contributed by atoms with E-state index in [4.69, 9.17) is 4.74 Å². The Morgan fingerprint density at radius 3 is 2.80 bits per heavy atom. The third kappa shape index (κ3) is 3.66. The number of hydrogen-bond acceptors (Lipinski definition) is 6. The van der Waals surface area contributed by atoms with Crippen molar-refractivity contribution in [1.82, 2.24) is 15.3 Å². The van der Waals surface area contributed by atoms with Crippen molar-refractivity contribution >= 4 is 0 Å². The molecule has 6 nitrogen and oxygen atoms in total. The number of ether oxygens (including phenoxy) is 1. The van der Waals surface area contributed by atoms with Crippen molar-refractivity contribution in [3.05, 3.63) is 36.2 Å². The van der Waals surface area contributed by atoms with Gasteiger partial charge in [0.25, 0.3) is 0 Å². The number of aromatic hydroxyl groups is 2. The van der Waals surface area contributed by atoms with Crippen LogP contribution in [0.4, 0.5) is 0 Å². The predicted octanol–water partition coefficient (Wildman–Crippen LogP) is 1.29. The Morgan fingerprint density at radius 2 is 2.05 bits per heavy atom. The van der Waals surface area contributed by atoms with Crippen LogP contribution in [0.3, 0.4) is 0 Å². The normalized spacial score (nSPS) is 10.7. The lowest BCUT2D eigenvalue weighted by molar-refractivity contribution is 0.199. The van der Waals surface area contributed by atoms with Gasteiger partial charge in [-0.3, -0.25) is 0 Å². The minimum Gasteiger partial charge on any atom is -0.504 e. The van der Waals surface area contributed by atoms with Gasteiger partial charge in [0.05, 0.1) is 12.3 Å². The SMILES string of the molecule is COCCNCc1ccnc(-c2ccc(O)c(O)c2)n1. The number of nitrogens with one attached hydrogen (secondary N) is 1. The van der Waals surface area contributed by atoms with Crippen LogP contribution in [0.1, 0.15) is 5.69 Å². The fraction of sp³-hybridized carbons (Fsp3) is 0.286. The Hall–Kier alpha value is -2.18. The number of phenolic OH excluding ortho intramolecular Hbond substituents is 2. The molecule has 0 bridgehead atoms. The molecule has 0 aliphatic rings. The van der Waals surface area contributed by atoms with E-state index in [1.165, 1.54) is 12.1 Å². The zero-order valence-corrected chi connectivity index (χ0v) is 11.2. The topological polar surface area (TPSA) is 87.5 Å². The van der Waals surface area contributed by atoms with Gasteiger partial charge in [-0.25, -0.2) is 9.97 Å². The molecule has 0 radical (unpaired) electrons. The van der Waals surface area contributed by atoms with Crippen molar-refractivity contribution in [3.63, 3.8) is 0 Å². The van der Waals surface area contributed by atoms with Gasteiger partial charge < -0.3 is 20.3 Å². The van der Waals surface area contributed by atoms with E-state index in [9.17, 15) is 10.2 Å². The minimum atomic E-state index is -0.185. The van der Waals surface area contributed by atoms with Crippen LogP contribution in [0, 0.1) is 0 Å². The number of aromatic nitrogens is 2. The largest absolute Gasteiger partial charge is 0.504 e. The molecule has 0 spiro atoms. The zero-order chi connectivity index (χ0) is 14.4. The maximum Gasteiger partial charge on any atom is 0.159 e. The number of hydrogen-bond donors (Lipinski definition) is 3. The summed E-state index contributed by atoms with van der Waals surface area (Å²) in [7, 11) is 1.65. The van der Waals surface area contributed by atoms with E-state index in [1.54, 1.807) is 19.4 Å². The van der Waals surface area contributed by atoms with Crippen LogP contribution in [0.5, 0.6) is 11.5 Å². The molecule has 0 amide bonds. The standard InChI is InChI=1S/C14H17N3O3/c1-20-7-6-15-9-11-4-5-16-14(17-11)10-2-3-12(18)13(19)8-10/h2-5,8,15,18-19H,6-7,9H2,1H3. The molecule has 6 heteroatoms. The van der Waals surface area contributed by atoms with E-state index in [1.807, 2.05) is 6.07 Å². The summed E-state index contributed by atoms with van der Waals surface area (Å²) in [4.78, 5) is 8.57. The second-order valence-electron chi connectivity index (χ2n) is 4.24. The van der Waals surface area contributed by atoms with Crippen LogP contribution in [-0.4, -0.2) is 40.4 Å². The first-order chi connectivity index (χ1) is 9.70. The van der Waals surface area contributed by atoms with Crippen molar-refractivity contribution in [1.29, 1.82) is 0 Å². The fourth-order valence-corrected chi connectivity index (χ4v) is 1.69. The van der Waals surface area contributed by atoms with Gasteiger partial charge in [-0.1, -0.05) is 0 Å². The highest BCUT2D eigenvalue weighted by atomic mass is 16.5. The van der Waals surface area contributed by atoms with E-state index in [-0.39, 0.29) is 11.5 Å². The molecular formula is C14H17N3O3. The molecule has 1 aromatic carbocycles. The molecule has 0 fully saturated rings. The van der Waals surface area contributed by atoms with Crippen molar-refractivity contribution in [2.45, 2.75) is 6.54 Å². The number of phenols is 2. The highest BCUT2D eigenvalue weighted by Gasteiger charge is 2.06. The van der Waals surface area contributed by atoms with E-state index in [2.05, 4.69) is 15.3 Å². The molecule has 1 aromatic heterocycles. The summed E-state index contributed by atoms with van der Waals surface area (Å²) < 4.78 is 4.95. The van der Waals surface area contributed by atoms with Crippen LogP contribution in [0.2, 0.25) is 0 Å². The summed E-state index contributed by atoms with van der Waals surface area (Å²) in [5.74, 6) is 0.159. The third-order valence-electron chi connectivity index (χ3n) is 2.74. The van der Waals surface area contributed by atoms with Crippen LogP contribution < -0.4 is 5.32 Å². The van der Waals surface area contributed by atoms with Crippen molar-refractivity contribution in [2.24, 2.45) is 0 Å². The van der Waals surface area contributed by atoms with Gasteiger partial charge in [0.1, 0.15) is 0 Å². The highest BCUT2D eigenvalue weighted by Crippen LogP contribution is 2.28. The maximum atomic E-state index is 9.50. The van der Waals surface area contributed by atoms with Gasteiger partial charge in [-0.05, 0) is 24.3 Å². The quantitative estimate of drug-likeness (QED) is 0.544. The lowest BCUT2D eigenvalue weighted by Gasteiger charge is -2.06. The Morgan fingerprint density at radius 1 is 1.20 bits per heavy atom. The summed E-state index contributed by atoms with van der Waals surface area (Å²) in [6, 6.07) is 6.33. The Balaban J connectivity index is 2.10. The average Bonchev–Trinajstić information content (AvgIpc) is 2.47. The summed E-state index contributed by atoms with van der Waals surface area (Å²) in [6.45, 7) is 2.00. The predicted molar refractivity (Wildman–Crippen MR) is 74.4 cm³/mol. The monoisotopic (exact) mass is 275 g/mol. The lowest BCUT2D eigenvalue weighted by Crippen LogP contribution is -2.19. The van der Waals surface area contributed by atoms with Crippen LogP contribution >= 0.6 is 0 Å². The number of benzene rings is 1. The number of nitrogens with zero attached hydrogens (tertiary/aromatic N) is 2. The number of methoxy groups -OCH3 is 1. The third-order valence-corrected chi connectivity index (χ3v) is 2.74. The molecule has 20 heavy (non-hydrogen) atoms. The van der Waals surface area contributed by atoms with Crippen LogP contribution in [-0.2, 0) is 11.3 Å². The molecule has 0 aliphatic carbocycles. The first kappa shape index (κ1) is 14.2. The highest BCUT2D eigenvalue weighted by molar-refractivity contribution is 5.60. The van der Waals surface area contributed by atoms with Gasteiger partial charge >= 0.3 is 0 Å². The van der Waals surface area contributed by atoms with Crippen molar-refractivity contribution < 1.29 is 14.9 Å². The molecule has 3 N–H and O–H groups in total. The smallest absolute Gasteiger partial charge is 0.159 e. The molecule has 0 saturated heterocycles. The summed E-state index contributed by atoms with van der Waals surface area (Å²) in [5, 5.41) is 22.0. The average molecular weight is 275 g/mol. The van der Waals surface area contributed by atoms with Gasteiger partial charge in [0.2, 0.25) is 0 Å². The van der Waals surface area contributed by atoms with Gasteiger partial charge in [0, 0.05) is 32.0 Å². The molecule has 0 saturated carbocycles. The lowest BCUT2D eigenvalue weighted by atomic mass is 10.2. The van der Waals surface area contributed by atoms with Crippen molar-refractivity contribution in [3.8, 4) is 22.9 Å². The molecule has 2 rings (SSSR count). The molecule has 0 atom stereocenters. The molecule has 0 unspecified atom stereocenters. The second kappa shape index (κ2) is 6.83. The van der Waals surface area contributed by atoms with Crippen LogP contribution in [0.15, 0.2) is 30.5 Å². The van der Waals surface area contributed by atoms with E-state index < -0.39 is 0 Å². The first-order valence-electron chi connectivity index (χ1n) is 6.24. The summed E-state index contributed by atoms with van der Waals surface area (Å²) in [5.41, 5.74) is 1.50. The van der Waals surface area contributed by atoms with E-state index in [0.29, 0.717) is 24.5 Å². The minimum absolute atomic E-state index is 0.161. The van der Waals surface area contributed by atoms with E-state index >= 15 is 0 Å². The molecular weight excluding hydrogens is 258 g/mol. The fourth-order valence-electron chi connectivity index (χ4n) is 1.69. The molecule has 1 heterocycles. The zero-order valence-electron chi connectivity index (χ0n) is 11.2. The Kier molecular flexibility index (Phi) is 4.86. The molecule has 0 aliphatic heterocycles. The molecule has 2 aromatic rings. The Bertz CT molecular complexity index is 575. The number of rotatable bonds is 6. The summed E-state index contributed by atoms with van der Waals surface area (Å²) in [6.07, 6.45) is 1.67. The second-order valence-corrected chi connectivity index (χ2v) is 4.24. The first-order valence-corrected chi connectivity index (χ1v) is 6.24. The van der Waals surface area contributed by atoms with Crippen LogP contribution in [0.25, 0.3) is 11.4 Å². The van der Waals surface area contributed by atoms with Crippen molar-refractivity contribution in [2.75, 3.05) is 20.3 Å². The van der Waals surface area contributed by atoms with Gasteiger partial charge in [-0.2, -0.15) is 0 Å². The van der Waals surface area contributed by atoms with E-state index in [0.717, 1.165) is 12.2 Å².